The van der Waals surface area contributed by atoms with Gasteiger partial charge in [-0.05, 0) is 60.3 Å². The van der Waals surface area contributed by atoms with Crippen molar-refractivity contribution in [2.24, 2.45) is 0 Å². The zero-order chi connectivity index (χ0) is 29.9. The Bertz CT molecular complexity index is 1770. The fourth-order valence-electron chi connectivity index (χ4n) is 7.07. The Morgan fingerprint density at radius 3 is 2.84 bits per heavy atom. The molecule has 0 saturated carbocycles. The largest absolute Gasteiger partial charge is 0.508 e. The quantitative estimate of drug-likeness (QED) is 0.300. The molecule has 8 nitrogen and oxygen atoms in total. The van der Waals surface area contributed by atoms with E-state index < -0.39 is 29.4 Å². The Hall–Kier alpha value is -3.96. The summed E-state index contributed by atoms with van der Waals surface area (Å²) in [6.45, 7) is 3.79. The third-order valence-electron chi connectivity index (χ3n) is 9.03. The van der Waals surface area contributed by atoms with Gasteiger partial charge in [0.15, 0.2) is 5.82 Å². The molecule has 1 unspecified atom stereocenters. The van der Waals surface area contributed by atoms with Gasteiger partial charge in [-0.2, -0.15) is 9.97 Å². The first-order valence-electron chi connectivity index (χ1n) is 14.7. The van der Waals surface area contributed by atoms with Crippen LogP contribution in [0.15, 0.2) is 42.6 Å². The summed E-state index contributed by atoms with van der Waals surface area (Å²) in [4.78, 5) is 17.5. The van der Waals surface area contributed by atoms with E-state index in [1.807, 2.05) is 6.92 Å². The topological polar surface area (TPSA) is 94.8 Å². The number of anilines is 1. The summed E-state index contributed by atoms with van der Waals surface area (Å²) in [6, 6.07) is 5.70. The van der Waals surface area contributed by atoms with Crippen molar-refractivity contribution in [2.45, 2.75) is 50.4 Å². The van der Waals surface area contributed by atoms with Crippen LogP contribution in [-0.4, -0.2) is 80.7 Å². The highest BCUT2D eigenvalue weighted by atomic mass is 19.1. The first-order valence-corrected chi connectivity index (χ1v) is 14.7. The molecule has 4 aromatic rings. The normalized spacial score (nSPS) is 23.9. The van der Waals surface area contributed by atoms with Gasteiger partial charge < -0.3 is 19.8 Å². The fraction of sp³-hybridized carbons (Fsp3) is 0.406. The second-order valence-electron chi connectivity index (χ2n) is 11.7. The molecule has 11 heteroatoms. The number of aliphatic hydroxyl groups is 1. The van der Waals surface area contributed by atoms with Crippen LogP contribution in [0.1, 0.15) is 31.7 Å². The smallest absolute Gasteiger partial charge is 0.319 e. The molecule has 0 amide bonds. The van der Waals surface area contributed by atoms with E-state index in [4.69, 9.17) is 4.74 Å². The van der Waals surface area contributed by atoms with E-state index in [2.05, 4.69) is 19.9 Å². The molecule has 2 N–H and O–H groups in total. The van der Waals surface area contributed by atoms with Crippen LogP contribution >= 0.6 is 0 Å². The second-order valence-corrected chi connectivity index (χ2v) is 11.7. The average molecular weight is 592 g/mol. The van der Waals surface area contributed by atoms with Crippen molar-refractivity contribution in [2.75, 3.05) is 37.7 Å². The van der Waals surface area contributed by atoms with E-state index in [0.717, 1.165) is 19.4 Å². The minimum Gasteiger partial charge on any atom is -0.508 e. The number of halogens is 3. The molecular weight excluding hydrogens is 559 g/mol. The minimum atomic E-state index is -0.931. The van der Waals surface area contributed by atoms with Crippen molar-refractivity contribution < 1.29 is 28.1 Å². The van der Waals surface area contributed by atoms with Gasteiger partial charge in [-0.1, -0.05) is 25.1 Å². The molecule has 2 fully saturated rings. The van der Waals surface area contributed by atoms with E-state index >= 15 is 4.39 Å². The number of aliphatic hydroxyl groups excluding tert-OH is 1. The minimum absolute atomic E-state index is 0.0597. The number of phenols is 1. The van der Waals surface area contributed by atoms with E-state index in [0.29, 0.717) is 53.5 Å². The lowest BCUT2D eigenvalue weighted by atomic mass is 9.94. The number of fused-ring (bicyclic) bond motifs is 3. The van der Waals surface area contributed by atoms with Crippen LogP contribution in [-0.2, 0) is 6.42 Å². The molecule has 3 atom stereocenters. The SMILES string of the molecule is CCc1c(F)ccc2cc(O)cc(-c3ncc4c(N5CC=CC(O)C5)nc(OC[C@@]56CCCN5C[C@H](F)C6)nc4c3F)c12. The molecule has 7 rings (SSSR count). The number of phenolic OH excluding ortho intramolecular Hbond substituents is 1. The van der Waals surface area contributed by atoms with Crippen molar-refractivity contribution >= 4 is 27.5 Å². The molecular formula is C32H32F3N5O3. The first kappa shape index (κ1) is 27.8. The zero-order valence-corrected chi connectivity index (χ0v) is 23.7. The summed E-state index contributed by atoms with van der Waals surface area (Å²) in [5.41, 5.74) is 0.0175. The number of aryl methyl sites for hydroxylation is 1. The van der Waals surface area contributed by atoms with Crippen LogP contribution < -0.4 is 9.64 Å². The summed E-state index contributed by atoms with van der Waals surface area (Å²) in [5.74, 6) is -0.967. The maximum atomic E-state index is 16.6. The van der Waals surface area contributed by atoms with Crippen molar-refractivity contribution in [3.8, 4) is 23.0 Å². The van der Waals surface area contributed by atoms with Crippen LogP contribution in [0, 0.1) is 11.6 Å². The maximum absolute atomic E-state index is 16.6. The van der Waals surface area contributed by atoms with Gasteiger partial charge in [0.1, 0.15) is 41.4 Å². The average Bonchev–Trinajstić information content (AvgIpc) is 3.51. The number of benzene rings is 2. The van der Waals surface area contributed by atoms with Gasteiger partial charge in [0.25, 0.3) is 0 Å². The monoisotopic (exact) mass is 591 g/mol. The standard InChI is InChI=1S/C32H32F3N5O3/c1-2-22-25(34)7-6-18-11-21(42)12-23(26(18)22)28-27(35)29-24(14-36-28)30(39-9-3-5-20(41)16-39)38-31(37-29)43-17-32-8-4-10-40(32)15-19(33)13-32/h3,5-7,11-12,14,19-20,41-42H,2,4,8-10,13,15-17H2,1H3/t19-,20?,32+/m1/s1. The van der Waals surface area contributed by atoms with E-state index in [-0.39, 0.29) is 41.7 Å². The lowest BCUT2D eigenvalue weighted by molar-refractivity contribution is 0.107. The molecule has 43 heavy (non-hydrogen) atoms. The summed E-state index contributed by atoms with van der Waals surface area (Å²) < 4.78 is 52.0. The zero-order valence-electron chi connectivity index (χ0n) is 23.7. The molecule has 224 valence electrons. The number of pyridine rings is 1. The summed E-state index contributed by atoms with van der Waals surface area (Å²) >= 11 is 0. The number of rotatable bonds is 6. The van der Waals surface area contributed by atoms with Gasteiger partial charge >= 0.3 is 6.01 Å². The molecule has 3 aliphatic rings. The molecule has 3 aliphatic heterocycles. The fourth-order valence-corrected chi connectivity index (χ4v) is 7.07. The Kier molecular flexibility index (Phi) is 6.89. The summed E-state index contributed by atoms with van der Waals surface area (Å²) in [6.07, 6.45) is 5.72. The van der Waals surface area contributed by atoms with Crippen molar-refractivity contribution in [3.63, 3.8) is 0 Å². The van der Waals surface area contributed by atoms with Gasteiger partial charge in [-0.15, -0.1) is 0 Å². The van der Waals surface area contributed by atoms with Gasteiger partial charge in [0.05, 0.1) is 17.0 Å². The molecule has 0 radical (unpaired) electrons. The predicted octanol–water partition coefficient (Wildman–Crippen LogP) is 5.08. The van der Waals surface area contributed by atoms with Gasteiger partial charge in [-0.3, -0.25) is 9.88 Å². The summed E-state index contributed by atoms with van der Waals surface area (Å²) in [5, 5.41) is 22.1. The van der Waals surface area contributed by atoms with Crippen LogP contribution in [0.3, 0.4) is 0 Å². The van der Waals surface area contributed by atoms with Crippen LogP contribution in [0.5, 0.6) is 11.8 Å². The van der Waals surface area contributed by atoms with Gasteiger partial charge in [0.2, 0.25) is 0 Å². The maximum Gasteiger partial charge on any atom is 0.319 e. The Morgan fingerprint density at radius 1 is 1.16 bits per heavy atom. The Morgan fingerprint density at radius 2 is 2.02 bits per heavy atom. The lowest BCUT2D eigenvalue weighted by Crippen LogP contribution is -2.43. The number of aromatic nitrogens is 3. The van der Waals surface area contributed by atoms with Gasteiger partial charge in [0, 0.05) is 37.8 Å². The molecule has 5 heterocycles. The second kappa shape index (κ2) is 10.6. The van der Waals surface area contributed by atoms with E-state index in [1.54, 1.807) is 23.1 Å². The number of hydrogen-bond acceptors (Lipinski definition) is 8. The van der Waals surface area contributed by atoms with Crippen LogP contribution in [0.4, 0.5) is 19.0 Å². The molecule has 0 aliphatic carbocycles. The number of alkyl halides is 1. The van der Waals surface area contributed by atoms with E-state index in [1.165, 1.54) is 24.4 Å². The van der Waals surface area contributed by atoms with Crippen molar-refractivity contribution in [3.05, 3.63) is 59.8 Å². The third kappa shape index (κ3) is 4.75. The number of hydrogen-bond donors (Lipinski definition) is 2. The number of nitrogens with zero attached hydrogens (tertiary/aromatic N) is 5. The Labute approximate surface area is 246 Å². The molecule has 0 spiro atoms. The first-order chi connectivity index (χ1) is 20.8. The van der Waals surface area contributed by atoms with Crippen molar-refractivity contribution in [1.29, 1.82) is 0 Å². The summed E-state index contributed by atoms with van der Waals surface area (Å²) in [7, 11) is 0. The Balaban J connectivity index is 1.38. The highest BCUT2D eigenvalue weighted by molar-refractivity contribution is 6.01. The number of aromatic hydroxyl groups is 1. The van der Waals surface area contributed by atoms with Crippen molar-refractivity contribution in [1.82, 2.24) is 19.9 Å². The lowest BCUT2D eigenvalue weighted by Gasteiger charge is -2.31. The molecule has 2 saturated heterocycles. The predicted molar refractivity (Wildman–Crippen MR) is 157 cm³/mol. The number of ether oxygens (including phenoxy) is 1. The highest BCUT2D eigenvalue weighted by Gasteiger charge is 2.49. The third-order valence-corrected chi connectivity index (χ3v) is 9.03. The van der Waals surface area contributed by atoms with E-state index in [9.17, 15) is 19.0 Å². The van der Waals surface area contributed by atoms with Crippen LogP contribution in [0.2, 0.25) is 0 Å². The molecule has 2 aromatic heterocycles. The number of β-amino-alcohol motifs (C(OH)–C–C–N with tert-alkyl or cyclic N) is 1. The highest BCUT2D eigenvalue weighted by Crippen LogP contribution is 2.42. The van der Waals surface area contributed by atoms with Crippen LogP contribution in [0.25, 0.3) is 32.9 Å². The van der Waals surface area contributed by atoms with Gasteiger partial charge in [-0.25, -0.2) is 13.2 Å². The molecule has 0 bridgehead atoms. The molecule has 2 aromatic carbocycles.